The van der Waals surface area contributed by atoms with Crippen molar-refractivity contribution in [1.29, 1.82) is 0 Å². The SMILES string of the molecule is O=C(O)c1cc(SCCc2ccsc2)ccc1F. The lowest BCUT2D eigenvalue weighted by molar-refractivity contribution is 0.0691. The van der Waals surface area contributed by atoms with E-state index < -0.39 is 11.8 Å². The van der Waals surface area contributed by atoms with E-state index in [1.54, 1.807) is 17.4 Å². The molecule has 1 aromatic heterocycles. The van der Waals surface area contributed by atoms with Crippen LogP contribution in [-0.2, 0) is 6.42 Å². The molecule has 1 N–H and O–H groups in total. The molecule has 1 aromatic carbocycles. The summed E-state index contributed by atoms with van der Waals surface area (Å²) in [6.07, 6.45) is 0.925. The Labute approximate surface area is 112 Å². The zero-order chi connectivity index (χ0) is 13.0. The van der Waals surface area contributed by atoms with Gasteiger partial charge in [-0.15, -0.1) is 11.8 Å². The summed E-state index contributed by atoms with van der Waals surface area (Å²) in [7, 11) is 0. The van der Waals surface area contributed by atoms with Crippen molar-refractivity contribution < 1.29 is 14.3 Å². The van der Waals surface area contributed by atoms with Gasteiger partial charge in [-0.25, -0.2) is 9.18 Å². The molecule has 0 amide bonds. The average Bonchev–Trinajstić information content (AvgIpc) is 2.84. The first-order valence-corrected chi connectivity index (χ1v) is 7.26. The molecule has 0 saturated carbocycles. The van der Waals surface area contributed by atoms with Gasteiger partial charge in [-0.3, -0.25) is 0 Å². The van der Waals surface area contributed by atoms with E-state index >= 15 is 0 Å². The predicted molar refractivity (Wildman–Crippen MR) is 72.1 cm³/mol. The fraction of sp³-hybridized carbons (Fsp3) is 0.154. The number of rotatable bonds is 5. The number of carboxylic acid groups (broad SMARTS) is 1. The highest BCUT2D eigenvalue weighted by molar-refractivity contribution is 7.99. The molecule has 18 heavy (non-hydrogen) atoms. The molecule has 0 bridgehead atoms. The van der Waals surface area contributed by atoms with Crippen LogP contribution in [0.4, 0.5) is 4.39 Å². The van der Waals surface area contributed by atoms with Crippen molar-refractivity contribution in [3.05, 3.63) is 52.0 Å². The van der Waals surface area contributed by atoms with Crippen LogP contribution in [-0.4, -0.2) is 16.8 Å². The highest BCUT2D eigenvalue weighted by atomic mass is 32.2. The molecule has 0 unspecified atom stereocenters. The molecule has 2 rings (SSSR count). The van der Waals surface area contributed by atoms with Gasteiger partial charge in [-0.1, -0.05) is 0 Å². The van der Waals surface area contributed by atoms with Gasteiger partial charge < -0.3 is 5.11 Å². The number of benzene rings is 1. The van der Waals surface area contributed by atoms with Crippen LogP contribution in [0, 0.1) is 5.82 Å². The number of aryl methyl sites for hydroxylation is 1. The van der Waals surface area contributed by atoms with Crippen LogP contribution in [0.25, 0.3) is 0 Å². The number of aromatic carboxylic acids is 1. The fourth-order valence-corrected chi connectivity index (χ4v) is 3.12. The molecule has 0 atom stereocenters. The number of halogens is 1. The Morgan fingerprint density at radius 2 is 2.22 bits per heavy atom. The molecule has 94 valence electrons. The highest BCUT2D eigenvalue weighted by Crippen LogP contribution is 2.22. The van der Waals surface area contributed by atoms with Crippen LogP contribution in [0.2, 0.25) is 0 Å². The van der Waals surface area contributed by atoms with Crippen molar-refractivity contribution in [1.82, 2.24) is 0 Å². The summed E-state index contributed by atoms with van der Waals surface area (Å²) >= 11 is 3.19. The van der Waals surface area contributed by atoms with Gasteiger partial charge in [0.2, 0.25) is 0 Å². The molecule has 0 spiro atoms. The maximum absolute atomic E-state index is 13.2. The minimum absolute atomic E-state index is 0.268. The number of thiophene rings is 1. The van der Waals surface area contributed by atoms with Crippen molar-refractivity contribution in [3.8, 4) is 0 Å². The zero-order valence-electron chi connectivity index (χ0n) is 9.43. The molecule has 0 radical (unpaired) electrons. The second kappa shape index (κ2) is 6.02. The standard InChI is InChI=1S/C13H11FO2S2/c14-12-2-1-10(7-11(12)13(15)16)18-6-4-9-3-5-17-8-9/h1-3,5,7-8H,4,6H2,(H,15,16). The van der Waals surface area contributed by atoms with Crippen LogP contribution in [0.3, 0.4) is 0 Å². The van der Waals surface area contributed by atoms with E-state index in [9.17, 15) is 9.18 Å². The molecule has 0 fully saturated rings. The second-order valence-electron chi connectivity index (χ2n) is 3.68. The minimum atomic E-state index is -1.23. The summed E-state index contributed by atoms with van der Waals surface area (Å²) in [5, 5.41) is 12.9. The quantitative estimate of drug-likeness (QED) is 0.845. The van der Waals surface area contributed by atoms with Gasteiger partial charge in [0, 0.05) is 10.6 Å². The van der Waals surface area contributed by atoms with Gasteiger partial charge >= 0.3 is 5.97 Å². The molecule has 2 aromatic rings. The van der Waals surface area contributed by atoms with Crippen molar-refractivity contribution in [3.63, 3.8) is 0 Å². The van der Waals surface area contributed by atoms with Crippen LogP contribution in [0.15, 0.2) is 39.9 Å². The molecule has 0 aliphatic heterocycles. The first-order chi connectivity index (χ1) is 8.66. The minimum Gasteiger partial charge on any atom is -0.478 e. The Hall–Kier alpha value is -1.33. The number of hydrogen-bond acceptors (Lipinski definition) is 3. The molecule has 1 heterocycles. The lowest BCUT2D eigenvalue weighted by Crippen LogP contribution is -2.00. The van der Waals surface area contributed by atoms with Crippen LogP contribution >= 0.6 is 23.1 Å². The van der Waals surface area contributed by atoms with Crippen molar-refractivity contribution in [2.75, 3.05) is 5.75 Å². The molecular weight excluding hydrogens is 271 g/mol. The molecule has 5 heteroatoms. The molecule has 0 aliphatic carbocycles. The third-order valence-electron chi connectivity index (χ3n) is 2.41. The van der Waals surface area contributed by atoms with E-state index in [0.717, 1.165) is 17.1 Å². The molecular formula is C13H11FO2S2. The Morgan fingerprint density at radius 1 is 1.39 bits per heavy atom. The number of carbonyl (C=O) groups is 1. The van der Waals surface area contributed by atoms with Crippen LogP contribution < -0.4 is 0 Å². The fourth-order valence-electron chi connectivity index (χ4n) is 1.48. The normalized spacial score (nSPS) is 10.5. The second-order valence-corrected chi connectivity index (χ2v) is 5.63. The lowest BCUT2D eigenvalue weighted by Gasteiger charge is -2.03. The number of thioether (sulfide) groups is 1. The van der Waals surface area contributed by atoms with Crippen LogP contribution in [0.5, 0.6) is 0 Å². The summed E-state index contributed by atoms with van der Waals surface area (Å²) in [6.45, 7) is 0. The predicted octanol–water partition coefficient (Wildman–Crippen LogP) is 3.92. The van der Waals surface area contributed by atoms with E-state index in [2.05, 4.69) is 11.4 Å². The van der Waals surface area contributed by atoms with E-state index in [1.807, 2.05) is 5.38 Å². The van der Waals surface area contributed by atoms with Crippen LogP contribution in [0.1, 0.15) is 15.9 Å². The third kappa shape index (κ3) is 3.34. The monoisotopic (exact) mass is 282 g/mol. The van der Waals surface area contributed by atoms with Gasteiger partial charge in [0.05, 0.1) is 5.56 Å². The van der Waals surface area contributed by atoms with E-state index in [0.29, 0.717) is 0 Å². The molecule has 0 saturated heterocycles. The Morgan fingerprint density at radius 3 is 2.89 bits per heavy atom. The maximum atomic E-state index is 13.2. The smallest absolute Gasteiger partial charge is 0.338 e. The van der Waals surface area contributed by atoms with E-state index in [-0.39, 0.29) is 5.56 Å². The first-order valence-electron chi connectivity index (χ1n) is 5.33. The van der Waals surface area contributed by atoms with E-state index in [1.165, 1.54) is 29.5 Å². The highest BCUT2D eigenvalue weighted by Gasteiger charge is 2.10. The van der Waals surface area contributed by atoms with Gasteiger partial charge in [0.15, 0.2) is 0 Å². The lowest BCUT2D eigenvalue weighted by atomic mass is 10.2. The van der Waals surface area contributed by atoms with Gasteiger partial charge in [-0.05, 0) is 47.0 Å². The zero-order valence-corrected chi connectivity index (χ0v) is 11.1. The van der Waals surface area contributed by atoms with Crippen molar-refractivity contribution in [2.45, 2.75) is 11.3 Å². The Bertz CT molecular complexity index is 538. The summed E-state index contributed by atoms with van der Waals surface area (Å²) in [6, 6.07) is 6.27. The average molecular weight is 282 g/mol. The van der Waals surface area contributed by atoms with Gasteiger partial charge in [-0.2, -0.15) is 11.3 Å². The number of hydrogen-bond donors (Lipinski definition) is 1. The summed E-state index contributed by atoms with van der Waals surface area (Å²) in [4.78, 5) is 11.6. The summed E-state index contributed by atoms with van der Waals surface area (Å²) < 4.78 is 13.2. The first kappa shape index (κ1) is 13.1. The topological polar surface area (TPSA) is 37.3 Å². The van der Waals surface area contributed by atoms with Gasteiger partial charge in [0.1, 0.15) is 5.82 Å². The molecule has 2 nitrogen and oxygen atoms in total. The Kier molecular flexibility index (Phi) is 4.38. The van der Waals surface area contributed by atoms with Gasteiger partial charge in [0.25, 0.3) is 0 Å². The van der Waals surface area contributed by atoms with Crippen molar-refractivity contribution >= 4 is 29.1 Å². The number of carboxylic acids is 1. The Balaban J connectivity index is 1.97. The van der Waals surface area contributed by atoms with E-state index in [4.69, 9.17) is 5.11 Å². The third-order valence-corrected chi connectivity index (χ3v) is 4.14. The molecule has 0 aliphatic rings. The maximum Gasteiger partial charge on any atom is 0.338 e. The largest absolute Gasteiger partial charge is 0.478 e. The summed E-state index contributed by atoms with van der Waals surface area (Å²) in [5.41, 5.74) is 1.00. The summed E-state index contributed by atoms with van der Waals surface area (Å²) in [5.74, 6) is -1.07. The van der Waals surface area contributed by atoms with Crippen molar-refractivity contribution in [2.24, 2.45) is 0 Å².